The molecule has 2 aromatic carbocycles. The predicted octanol–water partition coefficient (Wildman–Crippen LogP) is 2.65. The molecule has 0 radical (unpaired) electrons. The summed E-state index contributed by atoms with van der Waals surface area (Å²) in [5.41, 5.74) is 1.14. The number of benzene rings is 2. The van der Waals surface area contributed by atoms with E-state index in [9.17, 15) is 9.90 Å². The molecular formula is C15H16ClNO2. The van der Waals surface area contributed by atoms with Gasteiger partial charge in [0.2, 0.25) is 0 Å². The topological polar surface area (TPSA) is 49.3 Å². The highest BCUT2D eigenvalue weighted by Gasteiger charge is 2.34. The molecule has 1 aliphatic heterocycles. The number of carboxylic acids is 1. The molecule has 0 saturated carbocycles. The van der Waals surface area contributed by atoms with Crippen LogP contribution in [0.15, 0.2) is 42.5 Å². The lowest BCUT2D eigenvalue weighted by molar-refractivity contribution is -0.141. The largest absolute Gasteiger partial charge is 0.481 e. The number of carboxylic acid groups (broad SMARTS) is 1. The molecular weight excluding hydrogens is 262 g/mol. The molecule has 3 rings (SSSR count). The summed E-state index contributed by atoms with van der Waals surface area (Å²) in [6.07, 6.45) is 0. The number of halogens is 1. The highest BCUT2D eigenvalue weighted by molar-refractivity contribution is 5.87. The van der Waals surface area contributed by atoms with Crippen molar-refractivity contribution in [2.24, 2.45) is 5.92 Å². The van der Waals surface area contributed by atoms with Crippen LogP contribution < -0.4 is 5.32 Å². The highest BCUT2D eigenvalue weighted by Crippen LogP contribution is 2.33. The maximum Gasteiger partial charge on any atom is 0.308 e. The van der Waals surface area contributed by atoms with Crippen molar-refractivity contribution in [2.75, 3.05) is 13.1 Å². The van der Waals surface area contributed by atoms with E-state index in [0.717, 1.165) is 12.1 Å². The average Bonchev–Trinajstić information content (AvgIpc) is 2.87. The Morgan fingerprint density at radius 2 is 1.84 bits per heavy atom. The average molecular weight is 278 g/mol. The van der Waals surface area contributed by atoms with Gasteiger partial charge in [0.1, 0.15) is 0 Å². The maximum atomic E-state index is 11.3. The normalized spacial score (nSPS) is 22.1. The Balaban J connectivity index is 0.00000133. The van der Waals surface area contributed by atoms with Crippen LogP contribution in [0.5, 0.6) is 0 Å². The molecule has 2 aromatic rings. The first kappa shape index (κ1) is 13.8. The minimum Gasteiger partial charge on any atom is -0.481 e. The molecule has 19 heavy (non-hydrogen) atoms. The van der Waals surface area contributed by atoms with Crippen molar-refractivity contribution in [3.8, 4) is 0 Å². The molecule has 0 bridgehead atoms. The summed E-state index contributed by atoms with van der Waals surface area (Å²) in [5, 5.41) is 14.8. The first-order chi connectivity index (χ1) is 8.77. The van der Waals surface area contributed by atoms with Gasteiger partial charge in [-0.2, -0.15) is 0 Å². The summed E-state index contributed by atoms with van der Waals surface area (Å²) in [5.74, 6) is -0.970. The van der Waals surface area contributed by atoms with E-state index in [0.29, 0.717) is 6.54 Å². The van der Waals surface area contributed by atoms with Gasteiger partial charge in [0.15, 0.2) is 0 Å². The molecule has 0 amide bonds. The third-order valence-electron chi connectivity index (χ3n) is 3.75. The monoisotopic (exact) mass is 277 g/mol. The maximum absolute atomic E-state index is 11.3. The quantitative estimate of drug-likeness (QED) is 0.887. The van der Waals surface area contributed by atoms with E-state index < -0.39 is 5.97 Å². The highest BCUT2D eigenvalue weighted by atomic mass is 35.5. The van der Waals surface area contributed by atoms with Crippen molar-refractivity contribution in [1.82, 2.24) is 5.32 Å². The fourth-order valence-electron chi connectivity index (χ4n) is 2.84. The van der Waals surface area contributed by atoms with Crippen molar-refractivity contribution in [2.45, 2.75) is 5.92 Å². The minimum atomic E-state index is -0.710. The number of rotatable bonds is 2. The van der Waals surface area contributed by atoms with Crippen LogP contribution in [0.4, 0.5) is 0 Å². The van der Waals surface area contributed by atoms with Crippen molar-refractivity contribution < 1.29 is 9.90 Å². The van der Waals surface area contributed by atoms with Crippen LogP contribution in [-0.2, 0) is 4.79 Å². The molecule has 0 spiro atoms. The number of aliphatic carboxylic acids is 1. The molecule has 2 N–H and O–H groups in total. The third kappa shape index (κ3) is 2.44. The zero-order chi connectivity index (χ0) is 12.5. The van der Waals surface area contributed by atoms with Crippen LogP contribution in [0.1, 0.15) is 11.5 Å². The van der Waals surface area contributed by atoms with Crippen LogP contribution in [0.25, 0.3) is 10.8 Å². The molecule has 2 atom stereocenters. The van der Waals surface area contributed by atoms with Gasteiger partial charge >= 0.3 is 5.97 Å². The van der Waals surface area contributed by atoms with Crippen molar-refractivity contribution >= 4 is 29.1 Å². The Hall–Kier alpha value is -1.58. The fourth-order valence-corrected chi connectivity index (χ4v) is 2.84. The zero-order valence-electron chi connectivity index (χ0n) is 10.4. The summed E-state index contributed by atoms with van der Waals surface area (Å²) in [7, 11) is 0. The molecule has 0 unspecified atom stereocenters. The van der Waals surface area contributed by atoms with Gasteiger partial charge in [-0.05, 0) is 16.3 Å². The van der Waals surface area contributed by atoms with Gasteiger partial charge in [-0.15, -0.1) is 12.4 Å². The van der Waals surface area contributed by atoms with Gasteiger partial charge < -0.3 is 10.4 Å². The number of hydrogen-bond acceptors (Lipinski definition) is 2. The first-order valence-electron chi connectivity index (χ1n) is 6.18. The molecule has 0 aliphatic carbocycles. The third-order valence-corrected chi connectivity index (χ3v) is 3.75. The Kier molecular flexibility index (Phi) is 4.08. The van der Waals surface area contributed by atoms with Crippen molar-refractivity contribution in [3.63, 3.8) is 0 Å². The van der Waals surface area contributed by atoms with E-state index in [1.54, 1.807) is 0 Å². The van der Waals surface area contributed by atoms with E-state index in [1.165, 1.54) is 10.8 Å². The van der Waals surface area contributed by atoms with Gasteiger partial charge in [-0.1, -0.05) is 42.5 Å². The van der Waals surface area contributed by atoms with Gasteiger partial charge in [0.25, 0.3) is 0 Å². The number of nitrogens with one attached hydrogen (secondary N) is 1. The summed E-state index contributed by atoms with van der Waals surface area (Å²) in [6, 6.07) is 14.3. The second-order valence-corrected chi connectivity index (χ2v) is 4.78. The predicted molar refractivity (Wildman–Crippen MR) is 77.9 cm³/mol. The SMILES string of the molecule is Cl.O=C(O)[C@@H]1CNC[C@@H]1c1cccc2ccccc12. The molecule has 100 valence electrons. The Morgan fingerprint density at radius 3 is 2.63 bits per heavy atom. The second kappa shape index (κ2) is 5.59. The molecule has 1 fully saturated rings. The van der Waals surface area contributed by atoms with E-state index in [4.69, 9.17) is 0 Å². The molecule has 1 aliphatic rings. The standard InChI is InChI=1S/C15H15NO2.ClH/c17-15(18)14-9-16-8-13(14)12-7-3-5-10-4-1-2-6-11(10)12;/h1-7,13-14,16H,8-9H2,(H,17,18);1H/t13-,14-;/m1./s1. The Labute approximate surface area is 118 Å². The molecule has 1 heterocycles. The van der Waals surface area contributed by atoms with Gasteiger partial charge in [-0.25, -0.2) is 0 Å². The molecule has 3 nitrogen and oxygen atoms in total. The summed E-state index contributed by atoms with van der Waals surface area (Å²) in [6.45, 7) is 1.30. The van der Waals surface area contributed by atoms with Crippen LogP contribution >= 0.6 is 12.4 Å². The number of fused-ring (bicyclic) bond motifs is 1. The van der Waals surface area contributed by atoms with Gasteiger partial charge in [0, 0.05) is 19.0 Å². The van der Waals surface area contributed by atoms with E-state index in [1.807, 2.05) is 18.2 Å². The Bertz CT molecular complexity index is 594. The Morgan fingerprint density at radius 1 is 1.11 bits per heavy atom. The van der Waals surface area contributed by atoms with Crippen LogP contribution in [0, 0.1) is 5.92 Å². The van der Waals surface area contributed by atoms with Crippen LogP contribution in [-0.4, -0.2) is 24.2 Å². The van der Waals surface area contributed by atoms with E-state index >= 15 is 0 Å². The zero-order valence-corrected chi connectivity index (χ0v) is 11.2. The lowest BCUT2D eigenvalue weighted by Crippen LogP contribution is -2.21. The summed E-state index contributed by atoms with van der Waals surface area (Å²) in [4.78, 5) is 11.3. The smallest absolute Gasteiger partial charge is 0.308 e. The first-order valence-corrected chi connectivity index (χ1v) is 6.18. The van der Waals surface area contributed by atoms with Crippen molar-refractivity contribution in [3.05, 3.63) is 48.0 Å². The van der Waals surface area contributed by atoms with Gasteiger partial charge in [0.05, 0.1) is 5.92 Å². The lowest BCUT2D eigenvalue weighted by Gasteiger charge is -2.17. The summed E-state index contributed by atoms with van der Waals surface area (Å²) < 4.78 is 0. The summed E-state index contributed by atoms with van der Waals surface area (Å²) >= 11 is 0. The van der Waals surface area contributed by atoms with Crippen LogP contribution in [0.3, 0.4) is 0 Å². The molecule has 4 heteroatoms. The van der Waals surface area contributed by atoms with E-state index in [-0.39, 0.29) is 24.2 Å². The van der Waals surface area contributed by atoms with E-state index in [2.05, 4.69) is 29.6 Å². The van der Waals surface area contributed by atoms with Gasteiger partial charge in [-0.3, -0.25) is 4.79 Å². The minimum absolute atomic E-state index is 0. The van der Waals surface area contributed by atoms with Crippen molar-refractivity contribution in [1.29, 1.82) is 0 Å². The lowest BCUT2D eigenvalue weighted by atomic mass is 9.86. The molecule has 0 aromatic heterocycles. The second-order valence-electron chi connectivity index (χ2n) is 4.78. The van der Waals surface area contributed by atoms with Crippen LogP contribution in [0.2, 0.25) is 0 Å². The number of hydrogen-bond donors (Lipinski definition) is 2. The number of carbonyl (C=O) groups is 1. The molecule has 1 saturated heterocycles. The fraction of sp³-hybridized carbons (Fsp3) is 0.267.